The molecule has 100 valence electrons. The Kier molecular flexibility index (Phi) is 4.36. The van der Waals surface area contributed by atoms with Crippen molar-refractivity contribution in [3.63, 3.8) is 0 Å². The van der Waals surface area contributed by atoms with Crippen molar-refractivity contribution in [2.24, 2.45) is 11.8 Å². The van der Waals surface area contributed by atoms with Crippen LogP contribution >= 0.6 is 0 Å². The van der Waals surface area contributed by atoms with E-state index in [1.807, 2.05) is 13.0 Å². The van der Waals surface area contributed by atoms with E-state index in [0.29, 0.717) is 12.0 Å². The molecule has 1 aromatic heterocycles. The molecule has 1 fully saturated rings. The minimum Gasteiger partial charge on any atom is -0.367 e. The molecule has 0 aromatic carbocycles. The summed E-state index contributed by atoms with van der Waals surface area (Å²) in [6.45, 7) is 4.22. The molecule has 1 aromatic rings. The van der Waals surface area contributed by atoms with Crippen molar-refractivity contribution in [1.29, 1.82) is 0 Å². The molecule has 2 unspecified atom stereocenters. The van der Waals surface area contributed by atoms with Crippen LogP contribution in [0.5, 0.6) is 0 Å². The molecule has 2 rings (SSSR count). The zero-order valence-corrected chi connectivity index (χ0v) is 11.2. The summed E-state index contributed by atoms with van der Waals surface area (Å²) < 4.78 is 0. The van der Waals surface area contributed by atoms with E-state index in [2.05, 4.69) is 27.6 Å². The fourth-order valence-corrected chi connectivity index (χ4v) is 2.78. The Balaban J connectivity index is 2.09. The van der Waals surface area contributed by atoms with Gasteiger partial charge in [0.25, 0.3) is 0 Å². The smallest absolute Gasteiger partial charge is 0.239 e. The summed E-state index contributed by atoms with van der Waals surface area (Å²) in [5, 5.41) is 3.55. The zero-order chi connectivity index (χ0) is 13.0. The minimum absolute atomic E-state index is 0.473. The molecular weight excluding hydrogens is 226 g/mol. The fraction of sp³-hybridized carbons (Fsp3) is 0.692. The number of anilines is 2. The average molecular weight is 249 g/mol. The average Bonchev–Trinajstić information content (AvgIpc) is 2.38. The third-order valence-electron chi connectivity index (χ3n) is 3.75. The second-order valence-electron chi connectivity index (χ2n) is 5.07. The first-order valence-electron chi connectivity index (χ1n) is 6.81. The van der Waals surface area contributed by atoms with Crippen molar-refractivity contribution < 1.29 is 0 Å². The molecule has 0 amide bonds. The Labute approximate surface area is 109 Å². The Morgan fingerprint density at radius 3 is 2.83 bits per heavy atom. The van der Waals surface area contributed by atoms with Crippen LogP contribution in [0, 0.1) is 12.8 Å². The van der Waals surface area contributed by atoms with Crippen LogP contribution in [0.15, 0.2) is 6.07 Å². The van der Waals surface area contributed by atoms with Gasteiger partial charge in [0.1, 0.15) is 5.82 Å². The summed E-state index contributed by atoms with van der Waals surface area (Å²) in [6, 6.07) is 2.51. The van der Waals surface area contributed by atoms with Crippen LogP contribution in [0.4, 0.5) is 11.8 Å². The van der Waals surface area contributed by atoms with Gasteiger partial charge in [-0.05, 0) is 25.7 Å². The molecule has 0 bridgehead atoms. The number of hydrogen-bond donors (Lipinski definition) is 3. The van der Waals surface area contributed by atoms with Crippen LogP contribution in [-0.2, 0) is 0 Å². The van der Waals surface area contributed by atoms with Crippen molar-refractivity contribution in [2.45, 2.75) is 52.0 Å². The highest BCUT2D eigenvalue weighted by atomic mass is 15.3. The van der Waals surface area contributed by atoms with Gasteiger partial charge in [0, 0.05) is 17.8 Å². The first-order valence-corrected chi connectivity index (χ1v) is 6.81. The topological polar surface area (TPSA) is 75.9 Å². The van der Waals surface area contributed by atoms with Gasteiger partial charge >= 0.3 is 0 Å². The van der Waals surface area contributed by atoms with Crippen LogP contribution < -0.4 is 16.6 Å². The number of hydrogen-bond acceptors (Lipinski definition) is 5. The number of nitrogens with one attached hydrogen (secondary N) is 2. The lowest BCUT2D eigenvalue weighted by Gasteiger charge is -2.32. The molecule has 0 radical (unpaired) electrons. The van der Waals surface area contributed by atoms with E-state index in [4.69, 9.17) is 5.84 Å². The monoisotopic (exact) mass is 249 g/mol. The fourth-order valence-electron chi connectivity index (χ4n) is 2.78. The van der Waals surface area contributed by atoms with E-state index in [9.17, 15) is 0 Å². The number of nitrogens with two attached hydrogens (primary N) is 1. The van der Waals surface area contributed by atoms with Crippen LogP contribution in [0.3, 0.4) is 0 Å². The lowest BCUT2D eigenvalue weighted by Crippen LogP contribution is -2.32. The third-order valence-corrected chi connectivity index (χ3v) is 3.75. The summed E-state index contributed by atoms with van der Waals surface area (Å²) in [5.41, 5.74) is 3.43. The number of nitrogens with zero attached hydrogens (tertiary/aromatic N) is 2. The van der Waals surface area contributed by atoms with Crippen molar-refractivity contribution in [1.82, 2.24) is 9.97 Å². The molecule has 4 N–H and O–H groups in total. The second-order valence-corrected chi connectivity index (χ2v) is 5.07. The predicted octanol–water partition coefficient (Wildman–Crippen LogP) is 2.45. The van der Waals surface area contributed by atoms with Gasteiger partial charge < -0.3 is 5.32 Å². The summed E-state index contributed by atoms with van der Waals surface area (Å²) in [4.78, 5) is 8.55. The Hall–Kier alpha value is -1.36. The van der Waals surface area contributed by atoms with E-state index >= 15 is 0 Å². The van der Waals surface area contributed by atoms with Crippen molar-refractivity contribution in [3.8, 4) is 0 Å². The van der Waals surface area contributed by atoms with Gasteiger partial charge in [-0.15, -0.1) is 0 Å². The Bertz CT molecular complexity index is 393. The van der Waals surface area contributed by atoms with Gasteiger partial charge in [-0.25, -0.2) is 10.8 Å². The molecule has 1 heterocycles. The molecule has 1 aliphatic carbocycles. The summed E-state index contributed by atoms with van der Waals surface area (Å²) >= 11 is 0. The quantitative estimate of drug-likeness (QED) is 0.564. The van der Waals surface area contributed by atoms with Crippen LogP contribution in [0.1, 0.15) is 44.7 Å². The molecule has 5 heteroatoms. The van der Waals surface area contributed by atoms with Gasteiger partial charge in [0.15, 0.2) is 0 Å². The molecule has 2 atom stereocenters. The lowest BCUT2D eigenvalue weighted by molar-refractivity contribution is 0.317. The van der Waals surface area contributed by atoms with Crippen LogP contribution in [-0.4, -0.2) is 16.0 Å². The summed E-state index contributed by atoms with van der Waals surface area (Å²) in [7, 11) is 0. The van der Waals surface area contributed by atoms with E-state index in [1.54, 1.807) is 0 Å². The van der Waals surface area contributed by atoms with Crippen LogP contribution in [0.2, 0.25) is 0 Å². The third kappa shape index (κ3) is 3.10. The predicted molar refractivity (Wildman–Crippen MR) is 74.2 cm³/mol. The number of rotatable bonds is 4. The van der Waals surface area contributed by atoms with E-state index in [0.717, 1.165) is 17.4 Å². The first-order chi connectivity index (χ1) is 8.72. The SMILES string of the molecule is CCC1CCCCC1Nc1cc(C)nc(NN)n1. The van der Waals surface area contributed by atoms with Gasteiger partial charge in [-0.3, -0.25) is 5.43 Å². The molecule has 1 aliphatic rings. The highest BCUT2D eigenvalue weighted by molar-refractivity contribution is 5.42. The summed E-state index contributed by atoms with van der Waals surface area (Å²) in [5.74, 6) is 7.47. The van der Waals surface area contributed by atoms with E-state index in [-0.39, 0.29) is 0 Å². The number of nitrogen functional groups attached to an aromatic ring is 1. The Morgan fingerprint density at radius 1 is 1.33 bits per heavy atom. The van der Waals surface area contributed by atoms with Gasteiger partial charge in [-0.2, -0.15) is 4.98 Å². The van der Waals surface area contributed by atoms with Crippen molar-refractivity contribution in [3.05, 3.63) is 11.8 Å². The molecule has 0 saturated heterocycles. The highest BCUT2D eigenvalue weighted by Crippen LogP contribution is 2.29. The standard InChI is InChI=1S/C13H23N5/c1-3-10-6-4-5-7-11(10)16-12-8-9(2)15-13(17-12)18-14/h8,10-11H,3-7,14H2,1-2H3,(H2,15,16,17,18). The zero-order valence-electron chi connectivity index (χ0n) is 11.2. The van der Waals surface area contributed by atoms with Crippen molar-refractivity contribution in [2.75, 3.05) is 10.7 Å². The van der Waals surface area contributed by atoms with Gasteiger partial charge in [0.05, 0.1) is 0 Å². The van der Waals surface area contributed by atoms with Gasteiger partial charge in [0.2, 0.25) is 5.95 Å². The highest BCUT2D eigenvalue weighted by Gasteiger charge is 2.23. The molecular formula is C13H23N5. The van der Waals surface area contributed by atoms with Crippen LogP contribution in [0.25, 0.3) is 0 Å². The normalized spacial score (nSPS) is 23.7. The molecule has 5 nitrogen and oxygen atoms in total. The summed E-state index contributed by atoms with van der Waals surface area (Å²) in [6.07, 6.45) is 6.44. The molecule has 1 saturated carbocycles. The van der Waals surface area contributed by atoms with Crippen molar-refractivity contribution >= 4 is 11.8 Å². The first kappa shape index (κ1) is 13.1. The molecule has 0 spiro atoms. The lowest BCUT2D eigenvalue weighted by atomic mass is 9.83. The Morgan fingerprint density at radius 2 is 2.11 bits per heavy atom. The number of aromatic nitrogens is 2. The number of hydrazine groups is 1. The largest absolute Gasteiger partial charge is 0.367 e. The maximum atomic E-state index is 5.37. The molecule has 18 heavy (non-hydrogen) atoms. The maximum absolute atomic E-state index is 5.37. The van der Waals surface area contributed by atoms with Gasteiger partial charge in [-0.1, -0.05) is 26.2 Å². The van der Waals surface area contributed by atoms with E-state index in [1.165, 1.54) is 32.1 Å². The number of aryl methyl sites for hydroxylation is 1. The molecule has 0 aliphatic heterocycles. The minimum atomic E-state index is 0.473. The maximum Gasteiger partial charge on any atom is 0.239 e. The van der Waals surface area contributed by atoms with E-state index < -0.39 is 0 Å². The second kappa shape index (κ2) is 6.00.